The van der Waals surface area contributed by atoms with E-state index in [0.29, 0.717) is 12.6 Å². The number of nitrogens with zero attached hydrogens (tertiary/aromatic N) is 3. The minimum atomic E-state index is 0.00306. The fourth-order valence-electron chi connectivity index (χ4n) is 2.66. The molecule has 0 amide bonds. The molecule has 3 rings (SSSR count). The van der Waals surface area contributed by atoms with Crippen LogP contribution in [0.5, 0.6) is 0 Å². The highest BCUT2D eigenvalue weighted by Crippen LogP contribution is 2.30. The summed E-state index contributed by atoms with van der Waals surface area (Å²) >= 11 is 6.30. The van der Waals surface area contributed by atoms with Crippen molar-refractivity contribution in [2.75, 3.05) is 13.2 Å². The molecule has 0 radical (unpaired) electrons. The van der Waals surface area contributed by atoms with Crippen LogP contribution in [0.3, 0.4) is 0 Å². The summed E-state index contributed by atoms with van der Waals surface area (Å²) in [6.45, 7) is 6.39. The van der Waals surface area contributed by atoms with Crippen molar-refractivity contribution in [3.8, 4) is 0 Å². The largest absolute Gasteiger partial charge is 0.371 e. The van der Waals surface area contributed by atoms with Crippen LogP contribution in [0, 0.1) is 6.92 Å². The van der Waals surface area contributed by atoms with Crippen molar-refractivity contribution in [3.63, 3.8) is 0 Å². The summed E-state index contributed by atoms with van der Waals surface area (Å²) in [4.78, 5) is 11.1. The molecule has 1 aliphatic heterocycles. The summed E-state index contributed by atoms with van der Waals surface area (Å²) in [5, 5.41) is 0.761. The Labute approximate surface area is 136 Å². The minimum absolute atomic E-state index is 0.00306. The second-order valence-electron chi connectivity index (χ2n) is 5.77. The van der Waals surface area contributed by atoms with Gasteiger partial charge in [-0.15, -0.1) is 0 Å². The van der Waals surface area contributed by atoms with E-state index in [-0.39, 0.29) is 6.10 Å². The highest BCUT2D eigenvalue weighted by atomic mass is 35.5. The van der Waals surface area contributed by atoms with Gasteiger partial charge >= 0.3 is 0 Å². The van der Waals surface area contributed by atoms with Gasteiger partial charge in [-0.3, -0.25) is 14.9 Å². The van der Waals surface area contributed by atoms with Crippen molar-refractivity contribution in [2.24, 2.45) is 0 Å². The molecule has 22 heavy (non-hydrogen) atoms. The van der Waals surface area contributed by atoms with Crippen LogP contribution >= 0.6 is 11.6 Å². The van der Waals surface area contributed by atoms with Crippen molar-refractivity contribution in [2.45, 2.75) is 32.5 Å². The number of rotatable bonds is 3. The van der Waals surface area contributed by atoms with Crippen LogP contribution in [0.1, 0.15) is 30.0 Å². The van der Waals surface area contributed by atoms with Crippen molar-refractivity contribution >= 4 is 11.6 Å². The molecule has 1 fully saturated rings. The van der Waals surface area contributed by atoms with E-state index >= 15 is 0 Å². The van der Waals surface area contributed by atoms with Gasteiger partial charge in [0.15, 0.2) is 0 Å². The average molecular weight is 318 g/mol. The number of aromatic nitrogens is 2. The fraction of sp³-hybridized carbons (Fsp3) is 0.412. The Morgan fingerprint density at radius 1 is 1.27 bits per heavy atom. The molecule has 1 aromatic carbocycles. The molecule has 1 aliphatic rings. The molecule has 116 valence electrons. The molecular weight excluding hydrogens is 298 g/mol. The topological polar surface area (TPSA) is 38.2 Å². The molecular formula is C17H20ClN3O. The molecule has 0 spiro atoms. The predicted molar refractivity (Wildman–Crippen MR) is 86.8 cm³/mol. The molecule has 0 saturated carbocycles. The van der Waals surface area contributed by atoms with E-state index in [2.05, 4.69) is 21.8 Å². The monoisotopic (exact) mass is 317 g/mol. The number of morpholine rings is 1. The standard InChI is InChI=1S/C17H20ClN3O/c1-12-7-20-14(8-19-12)9-21-10-17(22-11-13(21)2)15-5-3-4-6-16(15)18/h3-8,13,17H,9-11H2,1-2H3. The summed E-state index contributed by atoms with van der Waals surface area (Å²) in [5.74, 6) is 0. The van der Waals surface area contributed by atoms with E-state index in [4.69, 9.17) is 16.3 Å². The fourth-order valence-corrected chi connectivity index (χ4v) is 2.92. The first kappa shape index (κ1) is 15.4. The predicted octanol–water partition coefficient (Wildman–Crippen LogP) is 3.40. The molecule has 0 bridgehead atoms. The molecule has 2 unspecified atom stereocenters. The molecule has 2 aromatic rings. The van der Waals surface area contributed by atoms with Gasteiger partial charge in [0.2, 0.25) is 0 Å². The van der Waals surface area contributed by atoms with Crippen LogP contribution in [0.4, 0.5) is 0 Å². The minimum Gasteiger partial charge on any atom is -0.371 e. The number of aryl methyl sites for hydroxylation is 1. The summed E-state index contributed by atoms with van der Waals surface area (Å²) in [7, 11) is 0. The zero-order valence-electron chi connectivity index (χ0n) is 12.9. The number of ether oxygens (including phenoxy) is 1. The lowest BCUT2D eigenvalue weighted by Crippen LogP contribution is -2.44. The Kier molecular flexibility index (Phi) is 4.71. The Hall–Kier alpha value is -1.49. The summed E-state index contributed by atoms with van der Waals surface area (Å²) in [5.41, 5.74) is 2.97. The molecule has 0 N–H and O–H groups in total. The van der Waals surface area contributed by atoms with Crippen LogP contribution < -0.4 is 0 Å². The number of hydrogen-bond donors (Lipinski definition) is 0. The van der Waals surface area contributed by atoms with Gasteiger partial charge in [-0.05, 0) is 19.9 Å². The second kappa shape index (κ2) is 6.73. The van der Waals surface area contributed by atoms with E-state index in [1.54, 1.807) is 0 Å². The molecule has 1 saturated heterocycles. The normalized spacial score (nSPS) is 22.7. The SMILES string of the molecule is Cc1cnc(CN2CC(c3ccccc3Cl)OCC2C)cn1. The maximum Gasteiger partial charge on any atom is 0.0967 e. The highest BCUT2D eigenvalue weighted by Gasteiger charge is 2.28. The summed E-state index contributed by atoms with van der Waals surface area (Å²) in [6.07, 6.45) is 3.66. The van der Waals surface area contributed by atoms with E-state index in [0.717, 1.165) is 35.1 Å². The maximum absolute atomic E-state index is 6.30. The van der Waals surface area contributed by atoms with Gasteiger partial charge in [-0.1, -0.05) is 29.8 Å². The second-order valence-corrected chi connectivity index (χ2v) is 6.18. The van der Waals surface area contributed by atoms with Gasteiger partial charge in [0.1, 0.15) is 0 Å². The summed E-state index contributed by atoms with van der Waals surface area (Å²) in [6, 6.07) is 8.23. The molecule has 4 nitrogen and oxygen atoms in total. The lowest BCUT2D eigenvalue weighted by molar-refractivity contribution is -0.0636. The number of halogens is 1. The third kappa shape index (κ3) is 3.46. The first-order valence-electron chi connectivity index (χ1n) is 7.51. The Bertz CT molecular complexity index is 632. The van der Waals surface area contributed by atoms with Gasteiger partial charge in [0, 0.05) is 42.1 Å². The van der Waals surface area contributed by atoms with Crippen molar-refractivity contribution in [1.29, 1.82) is 0 Å². The van der Waals surface area contributed by atoms with Crippen LogP contribution in [-0.2, 0) is 11.3 Å². The van der Waals surface area contributed by atoms with E-state index in [1.165, 1.54) is 0 Å². The van der Waals surface area contributed by atoms with Crippen molar-refractivity contribution in [1.82, 2.24) is 14.9 Å². The van der Waals surface area contributed by atoms with E-state index in [1.807, 2.05) is 43.6 Å². The highest BCUT2D eigenvalue weighted by molar-refractivity contribution is 6.31. The lowest BCUT2D eigenvalue weighted by Gasteiger charge is -2.38. The Morgan fingerprint density at radius 3 is 2.82 bits per heavy atom. The van der Waals surface area contributed by atoms with Gasteiger partial charge < -0.3 is 4.74 Å². The van der Waals surface area contributed by atoms with E-state index < -0.39 is 0 Å². The molecule has 0 aliphatic carbocycles. The zero-order chi connectivity index (χ0) is 15.5. The molecule has 2 atom stereocenters. The third-order valence-corrected chi connectivity index (χ3v) is 4.36. The number of benzene rings is 1. The first-order chi connectivity index (χ1) is 10.6. The van der Waals surface area contributed by atoms with Gasteiger partial charge in [0.05, 0.1) is 24.1 Å². The van der Waals surface area contributed by atoms with Crippen LogP contribution in [0.2, 0.25) is 5.02 Å². The smallest absolute Gasteiger partial charge is 0.0967 e. The molecule has 2 heterocycles. The zero-order valence-corrected chi connectivity index (χ0v) is 13.6. The third-order valence-electron chi connectivity index (χ3n) is 4.01. The van der Waals surface area contributed by atoms with E-state index in [9.17, 15) is 0 Å². The maximum atomic E-state index is 6.30. The Morgan fingerprint density at radius 2 is 2.09 bits per heavy atom. The van der Waals surface area contributed by atoms with Gasteiger partial charge in [-0.25, -0.2) is 0 Å². The first-order valence-corrected chi connectivity index (χ1v) is 7.89. The van der Waals surface area contributed by atoms with Crippen LogP contribution in [0.15, 0.2) is 36.7 Å². The number of hydrogen-bond acceptors (Lipinski definition) is 4. The molecule has 1 aromatic heterocycles. The molecule has 5 heteroatoms. The van der Waals surface area contributed by atoms with Crippen LogP contribution in [-0.4, -0.2) is 34.1 Å². The Balaban J connectivity index is 1.74. The average Bonchev–Trinajstić information content (AvgIpc) is 2.52. The summed E-state index contributed by atoms with van der Waals surface area (Å²) < 4.78 is 5.98. The van der Waals surface area contributed by atoms with Gasteiger partial charge in [-0.2, -0.15) is 0 Å². The van der Waals surface area contributed by atoms with Crippen molar-refractivity contribution in [3.05, 3.63) is 58.6 Å². The lowest BCUT2D eigenvalue weighted by atomic mass is 10.1. The van der Waals surface area contributed by atoms with Crippen molar-refractivity contribution < 1.29 is 4.74 Å². The van der Waals surface area contributed by atoms with Gasteiger partial charge in [0.25, 0.3) is 0 Å². The van der Waals surface area contributed by atoms with Crippen LogP contribution in [0.25, 0.3) is 0 Å². The quantitative estimate of drug-likeness (QED) is 0.869.